The van der Waals surface area contributed by atoms with Crippen LogP contribution in [0.25, 0.3) is 0 Å². The Hall–Kier alpha value is -0.840. The Morgan fingerprint density at radius 2 is 1.42 bits per heavy atom. The summed E-state index contributed by atoms with van der Waals surface area (Å²) in [5, 5.41) is 4.13. The average molecular weight is 357 g/mol. The van der Waals surface area contributed by atoms with Crippen molar-refractivity contribution in [2.45, 2.75) is 101 Å². The third-order valence-electron chi connectivity index (χ3n) is 4.68. The summed E-state index contributed by atoms with van der Waals surface area (Å²) in [5.74, 6) is 0. The predicted octanol–water partition coefficient (Wildman–Crippen LogP) is 5.28. The Morgan fingerprint density at radius 1 is 0.917 bits per heavy atom. The fourth-order valence-corrected chi connectivity index (χ4v) is 4.91. The highest BCUT2D eigenvalue weighted by Crippen LogP contribution is 2.24. The quantitative estimate of drug-likeness (QED) is 0.426. The normalized spacial score (nSPS) is 12.2. The minimum absolute atomic E-state index is 0.247. The van der Waals surface area contributed by atoms with Gasteiger partial charge in [-0.2, -0.15) is 5.10 Å². The maximum absolute atomic E-state index is 12.9. The standard InChI is InChI=1S/C19H36N2O2S/c1-4-6-8-10-12-14-18(15-13-11-9-7-5-2)24(22,23)19-16-17-21(3)20-19/h16-18H,4-15H2,1-3H3. The third kappa shape index (κ3) is 7.37. The van der Waals surface area contributed by atoms with Gasteiger partial charge in [-0.3, -0.25) is 4.68 Å². The highest BCUT2D eigenvalue weighted by Gasteiger charge is 2.28. The summed E-state index contributed by atoms with van der Waals surface area (Å²) in [5.41, 5.74) is 0. The largest absolute Gasteiger partial charge is 0.275 e. The first-order valence-electron chi connectivity index (χ1n) is 9.75. The topological polar surface area (TPSA) is 52.0 Å². The molecule has 0 aromatic carbocycles. The smallest absolute Gasteiger partial charge is 0.200 e. The lowest BCUT2D eigenvalue weighted by Gasteiger charge is -2.16. The van der Waals surface area contributed by atoms with E-state index in [2.05, 4.69) is 18.9 Å². The van der Waals surface area contributed by atoms with Gasteiger partial charge in [0.05, 0.1) is 5.25 Å². The summed E-state index contributed by atoms with van der Waals surface area (Å²) in [6, 6.07) is 1.64. The molecule has 0 radical (unpaired) electrons. The number of nitrogens with zero attached hydrogens (tertiary/aromatic N) is 2. The lowest BCUT2D eigenvalue weighted by molar-refractivity contribution is 0.513. The molecule has 1 aromatic heterocycles. The second-order valence-corrected chi connectivity index (χ2v) is 9.08. The van der Waals surface area contributed by atoms with Crippen LogP contribution in [-0.4, -0.2) is 23.4 Å². The van der Waals surface area contributed by atoms with Crippen LogP contribution in [0.2, 0.25) is 0 Å². The number of sulfone groups is 1. The van der Waals surface area contributed by atoms with E-state index in [1.165, 1.54) is 38.5 Å². The van der Waals surface area contributed by atoms with Crippen LogP contribution in [0.15, 0.2) is 17.3 Å². The minimum atomic E-state index is -3.30. The number of aryl methyl sites for hydroxylation is 1. The molecule has 0 atom stereocenters. The van der Waals surface area contributed by atoms with Gasteiger partial charge in [0.1, 0.15) is 0 Å². The van der Waals surface area contributed by atoms with Crippen LogP contribution in [0, 0.1) is 0 Å². The van der Waals surface area contributed by atoms with Gasteiger partial charge in [0.2, 0.25) is 0 Å². The molecule has 0 N–H and O–H groups in total. The van der Waals surface area contributed by atoms with Gasteiger partial charge in [0.25, 0.3) is 0 Å². The first-order chi connectivity index (χ1) is 11.5. The van der Waals surface area contributed by atoms with Crippen LogP contribution in [0.4, 0.5) is 0 Å². The van der Waals surface area contributed by atoms with Crippen molar-refractivity contribution in [2.75, 3.05) is 0 Å². The monoisotopic (exact) mass is 356 g/mol. The van der Waals surface area contributed by atoms with E-state index in [4.69, 9.17) is 0 Å². The summed E-state index contributed by atoms with van der Waals surface area (Å²) in [6.07, 6.45) is 14.9. The van der Waals surface area contributed by atoms with Crippen LogP contribution >= 0.6 is 0 Å². The summed E-state index contributed by atoms with van der Waals surface area (Å²) in [6.45, 7) is 4.40. The lowest BCUT2D eigenvalue weighted by atomic mass is 10.0. The predicted molar refractivity (Wildman–Crippen MR) is 101 cm³/mol. The molecular formula is C19H36N2O2S. The van der Waals surface area contributed by atoms with Crippen molar-refractivity contribution in [1.82, 2.24) is 9.78 Å². The summed E-state index contributed by atoms with van der Waals surface area (Å²) >= 11 is 0. The molecule has 0 fully saturated rings. The van der Waals surface area contributed by atoms with Crippen molar-refractivity contribution in [3.05, 3.63) is 12.3 Å². The Morgan fingerprint density at radius 3 is 1.83 bits per heavy atom. The SMILES string of the molecule is CCCCCCCC(CCCCCCC)S(=O)(=O)c1ccn(C)n1. The Balaban J connectivity index is 2.61. The molecule has 140 valence electrons. The van der Waals surface area contributed by atoms with Crippen LogP contribution in [0.1, 0.15) is 90.9 Å². The number of aromatic nitrogens is 2. The van der Waals surface area contributed by atoms with Crippen molar-refractivity contribution in [1.29, 1.82) is 0 Å². The molecule has 1 rings (SSSR count). The molecule has 5 heteroatoms. The second-order valence-electron chi connectivity index (χ2n) is 6.90. The molecule has 0 spiro atoms. The van der Waals surface area contributed by atoms with Gasteiger partial charge < -0.3 is 0 Å². The van der Waals surface area contributed by atoms with Crippen molar-refractivity contribution < 1.29 is 8.42 Å². The molecule has 1 heterocycles. The fourth-order valence-electron chi connectivity index (χ4n) is 3.12. The Kier molecular flexibility index (Phi) is 10.3. The van der Waals surface area contributed by atoms with E-state index in [9.17, 15) is 8.42 Å². The number of hydrogen-bond acceptors (Lipinski definition) is 3. The Bertz CT molecular complexity index is 523. The van der Waals surface area contributed by atoms with Crippen molar-refractivity contribution >= 4 is 9.84 Å². The van der Waals surface area contributed by atoms with Gasteiger partial charge in [0.15, 0.2) is 14.9 Å². The maximum Gasteiger partial charge on any atom is 0.200 e. The van der Waals surface area contributed by atoms with E-state index >= 15 is 0 Å². The molecule has 0 saturated heterocycles. The molecule has 24 heavy (non-hydrogen) atoms. The van der Waals surface area contributed by atoms with E-state index in [0.717, 1.165) is 38.5 Å². The van der Waals surface area contributed by atoms with E-state index in [-0.39, 0.29) is 10.3 Å². The highest BCUT2D eigenvalue weighted by atomic mass is 32.2. The zero-order valence-corrected chi connectivity index (χ0v) is 16.7. The number of unbranched alkanes of at least 4 members (excludes halogenated alkanes) is 8. The molecular weight excluding hydrogens is 320 g/mol. The summed E-state index contributed by atoms with van der Waals surface area (Å²) in [4.78, 5) is 0. The van der Waals surface area contributed by atoms with Gasteiger partial charge >= 0.3 is 0 Å². The van der Waals surface area contributed by atoms with Crippen molar-refractivity contribution in [2.24, 2.45) is 7.05 Å². The second kappa shape index (κ2) is 11.7. The van der Waals surface area contributed by atoms with Crippen molar-refractivity contribution in [3.8, 4) is 0 Å². The highest BCUT2D eigenvalue weighted by molar-refractivity contribution is 7.92. The molecule has 0 unspecified atom stereocenters. The molecule has 0 aliphatic carbocycles. The van der Waals surface area contributed by atoms with Crippen molar-refractivity contribution in [3.63, 3.8) is 0 Å². The number of rotatable bonds is 14. The zero-order chi connectivity index (χ0) is 17.8. The van der Waals surface area contributed by atoms with Gasteiger partial charge in [0, 0.05) is 13.2 Å². The first kappa shape index (κ1) is 21.2. The summed E-state index contributed by atoms with van der Waals surface area (Å²) < 4.78 is 27.4. The average Bonchev–Trinajstić information content (AvgIpc) is 2.99. The van der Waals surface area contributed by atoms with E-state index in [1.807, 2.05) is 0 Å². The zero-order valence-electron chi connectivity index (χ0n) is 15.8. The molecule has 0 aliphatic rings. The molecule has 1 aromatic rings. The van der Waals surface area contributed by atoms with E-state index in [1.54, 1.807) is 24.0 Å². The van der Waals surface area contributed by atoms with E-state index in [0.29, 0.717) is 0 Å². The van der Waals surface area contributed by atoms with Gasteiger partial charge in [-0.25, -0.2) is 8.42 Å². The molecule has 4 nitrogen and oxygen atoms in total. The van der Waals surface area contributed by atoms with E-state index < -0.39 is 9.84 Å². The first-order valence-corrected chi connectivity index (χ1v) is 11.3. The van der Waals surface area contributed by atoms with Gasteiger partial charge in [-0.05, 0) is 18.9 Å². The molecule has 0 saturated carbocycles. The van der Waals surface area contributed by atoms with Crippen LogP contribution in [-0.2, 0) is 16.9 Å². The minimum Gasteiger partial charge on any atom is -0.275 e. The lowest BCUT2D eigenvalue weighted by Crippen LogP contribution is -2.22. The fraction of sp³-hybridized carbons (Fsp3) is 0.842. The Labute approximate surface area is 149 Å². The number of hydrogen-bond donors (Lipinski definition) is 0. The third-order valence-corrected chi connectivity index (χ3v) is 6.83. The summed E-state index contributed by atoms with van der Waals surface area (Å²) in [7, 11) is -1.53. The molecule has 0 bridgehead atoms. The maximum atomic E-state index is 12.9. The van der Waals surface area contributed by atoms with Gasteiger partial charge in [-0.15, -0.1) is 0 Å². The van der Waals surface area contributed by atoms with Crippen LogP contribution in [0.5, 0.6) is 0 Å². The molecule has 0 aliphatic heterocycles. The molecule has 0 amide bonds. The van der Waals surface area contributed by atoms with Crippen LogP contribution in [0.3, 0.4) is 0 Å². The van der Waals surface area contributed by atoms with Gasteiger partial charge in [-0.1, -0.05) is 78.1 Å². The van der Waals surface area contributed by atoms with Crippen LogP contribution < -0.4 is 0 Å².